The topological polar surface area (TPSA) is 256 Å². The minimum atomic E-state index is -1.14. The standard InChI is InChI=1S/C56H56F2N10O11/c1-3-36-40(57)10-7-31-21-35(69)22-38(45(31)36)48-47(58)49-39(24-60-48)50(66-26-32-8-9-33(27-66)61-32)65-54(64-49)79-29-56-15-13-34(67(56)25-30(2)23-56)28-78-55(75)59-16-18-77-20-19-76-17-14-44(71)62-41-6-4-5-37-46(41)53(74)68(52(37)73)42-11-12-43(70)63-51(42)72/h1,4-7,10,21-22,24,32-34,42,61,69H,2,8-9,11-20,23,25-29H2,(H,59,75)(H,62,71)(H,63,70,72)/t32?,33?,34-,42?,56-/m0/s1. The normalized spacial score (nSPS) is 22.6. The van der Waals surface area contributed by atoms with Crippen LogP contribution in [-0.2, 0) is 28.6 Å². The molecule has 5 N–H and O–H groups in total. The first-order valence-corrected chi connectivity index (χ1v) is 26.2. The van der Waals surface area contributed by atoms with Crippen LogP contribution < -0.4 is 30.9 Å². The van der Waals surface area contributed by atoms with E-state index in [2.05, 4.69) is 53.5 Å². The molecule has 2 bridgehead atoms. The highest BCUT2D eigenvalue weighted by Crippen LogP contribution is 2.45. The number of hydrogen-bond acceptors (Lipinski definition) is 17. The van der Waals surface area contributed by atoms with E-state index in [0.29, 0.717) is 55.5 Å². The lowest BCUT2D eigenvalue weighted by atomic mass is 9.94. The third-order valence-electron chi connectivity index (χ3n) is 15.6. The lowest BCUT2D eigenvalue weighted by molar-refractivity contribution is -0.136. The molecule has 79 heavy (non-hydrogen) atoms. The van der Waals surface area contributed by atoms with Crippen LogP contribution >= 0.6 is 0 Å². The number of ether oxygens (including phenoxy) is 4. The monoisotopic (exact) mass is 1080 g/mol. The number of hydrogen-bond donors (Lipinski definition) is 5. The number of carbonyl (C=O) groups is 6. The van der Waals surface area contributed by atoms with Gasteiger partial charge in [0.2, 0.25) is 17.7 Å². The largest absolute Gasteiger partial charge is 0.508 e. The Bertz CT molecular complexity index is 3400. The molecule has 5 saturated heterocycles. The number of nitrogens with one attached hydrogen (secondary N) is 4. The highest BCUT2D eigenvalue weighted by molar-refractivity contribution is 6.26. The number of phenols is 1. The van der Waals surface area contributed by atoms with E-state index < -0.39 is 58.8 Å². The highest BCUT2D eigenvalue weighted by Gasteiger charge is 2.52. The maximum Gasteiger partial charge on any atom is 0.407 e. The number of halogens is 2. The van der Waals surface area contributed by atoms with Crippen LogP contribution in [-0.4, -0.2) is 161 Å². The zero-order valence-electron chi connectivity index (χ0n) is 42.9. The van der Waals surface area contributed by atoms with Crippen molar-refractivity contribution in [3.05, 3.63) is 89.1 Å². The molecule has 3 aromatic carbocycles. The van der Waals surface area contributed by atoms with E-state index in [4.69, 9.17) is 30.4 Å². The Labute approximate surface area is 451 Å². The fraction of sp³-hybridized carbons (Fsp3) is 0.411. The van der Waals surface area contributed by atoms with Crippen molar-refractivity contribution in [3.8, 4) is 35.4 Å². The molecule has 6 aliphatic rings. The van der Waals surface area contributed by atoms with Gasteiger partial charge < -0.3 is 44.9 Å². The first-order valence-electron chi connectivity index (χ1n) is 26.2. The van der Waals surface area contributed by atoms with E-state index in [0.717, 1.165) is 23.3 Å². The lowest BCUT2D eigenvalue weighted by Crippen LogP contribution is -2.54. The summed E-state index contributed by atoms with van der Waals surface area (Å²) in [5.41, 5.74) is 0.361. The molecule has 5 atom stereocenters. The Morgan fingerprint density at radius 1 is 0.962 bits per heavy atom. The van der Waals surface area contributed by atoms with Crippen LogP contribution in [0.5, 0.6) is 11.8 Å². The summed E-state index contributed by atoms with van der Waals surface area (Å²) in [5, 5.41) is 22.8. The average Bonchev–Trinajstić information content (AvgIpc) is 4.32. The van der Waals surface area contributed by atoms with Crippen molar-refractivity contribution in [2.24, 2.45) is 0 Å². The first kappa shape index (κ1) is 52.9. The highest BCUT2D eigenvalue weighted by atomic mass is 19.1. The Morgan fingerprint density at radius 2 is 1.76 bits per heavy atom. The second-order valence-corrected chi connectivity index (χ2v) is 20.7. The lowest BCUT2D eigenvalue weighted by Gasteiger charge is -2.35. The third kappa shape index (κ3) is 10.4. The summed E-state index contributed by atoms with van der Waals surface area (Å²) in [7, 11) is 0. The third-order valence-corrected chi connectivity index (χ3v) is 15.6. The van der Waals surface area contributed by atoms with Gasteiger partial charge in [-0.2, -0.15) is 9.97 Å². The second kappa shape index (κ2) is 21.9. The maximum atomic E-state index is 17.2. The molecule has 11 rings (SSSR count). The average molecular weight is 1080 g/mol. The van der Waals surface area contributed by atoms with E-state index in [9.17, 15) is 33.9 Å². The smallest absolute Gasteiger partial charge is 0.407 e. The number of piperazine rings is 1. The fourth-order valence-electron chi connectivity index (χ4n) is 12.0. The van der Waals surface area contributed by atoms with Gasteiger partial charge in [0.15, 0.2) is 5.82 Å². The van der Waals surface area contributed by atoms with E-state index in [1.165, 1.54) is 48.7 Å². The van der Waals surface area contributed by atoms with E-state index >= 15 is 8.78 Å². The van der Waals surface area contributed by atoms with Crippen LogP contribution in [0.4, 0.5) is 25.1 Å². The number of benzene rings is 3. The number of rotatable bonds is 18. The number of terminal acetylenes is 1. The number of imide groups is 2. The van der Waals surface area contributed by atoms with Gasteiger partial charge in [-0.25, -0.2) is 13.6 Å². The molecule has 8 heterocycles. The van der Waals surface area contributed by atoms with Crippen LogP contribution in [0.3, 0.4) is 0 Å². The minimum absolute atomic E-state index is 0.00677. The zero-order chi connectivity index (χ0) is 55.1. The predicted octanol–water partition coefficient (Wildman–Crippen LogP) is 4.48. The van der Waals surface area contributed by atoms with Crippen molar-refractivity contribution < 1.29 is 61.6 Å². The zero-order valence-corrected chi connectivity index (χ0v) is 42.9. The number of pyridine rings is 1. The summed E-state index contributed by atoms with van der Waals surface area (Å²) < 4.78 is 55.6. The van der Waals surface area contributed by atoms with Gasteiger partial charge in [-0.1, -0.05) is 30.2 Å². The number of amides is 6. The van der Waals surface area contributed by atoms with Gasteiger partial charge in [0.25, 0.3) is 11.8 Å². The van der Waals surface area contributed by atoms with Crippen LogP contribution in [0.1, 0.15) is 77.6 Å². The number of piperidine rings is 1. The molecule has 0 aliphatic carbocycles. The summed E-state index contributed by atoms with van der Waals surface area (Å²) in [6, 6.07) is 8.95. The molecule has 410 valence electrons. The van der Waals surface area contributed by atoms with E-state index in [1.54, 1.807) is 0 Å². The van der Waals surface area contributed by atoms with Gasteiger partial charge in [0.05, 0.1) is 66.2 Å². The molecule has 6 amide bonds. The molecular weight excluding hydrogens is 1030 g/mol. The molecule has 5 fully saturated rings. The van der Waals surface area contributed by atoms with Crippen molar-refractivity contribution in [2.45, 2.75) is 81.1 Å². The summed E-state index contributed by atoms with van der Waals surface area (Å²) >= 11 is 0. The summed E-state index contributed by atoms with van der Waals surface area (Å²) in [4.78, 5) is 95.4. The van der Waals surface area contributed by atoms with Crippen LogP contribution in [0.25, 0.3) is 32.9 Å². The van der Waals surface area contributed by atoms with Gasteiger partial charge >= 0.3 is 12.1 Å². The number of carbonyl (C=O) groups excluding carboxylic acids is 6. The number of fused-ring (bicyclic) bond motifs is 6. The summed E-state index contributed by atoms with van der Waals surface area (Å²) in [6.45, 7) is 7.00. The molecular formula is C56H56F2N10O11. The molecule has 5 aromatic rings. The molecule has 0 radical (unpaired) electrons. The van der Waals surface area contributed by atoms with Crippen molar-refractivity contribution in [1.29, 1.82) is 0 Å². The molecule has 0 spiro atoms. The maximum absolute atomic E-state index is 17.2. The van der Waals surface area contributed by atoms with Crippen LogP contribution in [0, 0.1) is 24.0 Å². The molecule has 0 saturated carbocycles. The number of alkyl carbamates (subject to hydrolysis) is 1. The molecule has 2 aromatic heterocycles. The molecule has 3 unspecified atom stereocenters. The van der Waals surface area contributed by atoms with Crippen LogP contribution in [0.2, 0.25) is 0 Å². The predicted molar refractivity (Wildman–Crippen MR) is 281 cm³/mol. The van der Waals surface area contributed by atoms with Crippen LogP contribution in [0.15, 0.2) is 60.8 Å². The van der Waals surface area contributed by atoms with Crippen molar-refractivity contribution >= 4 is 68.8 Å². The number of nitrogens with zero attached hydrogens (tertiary/aromatic N) is 6. The Hall–Kier alpha value is -8.17. The Kier molecular flexibility index (Phi) is 14.7. The molecule has 6 aliphatic heterocycles. The quantitative estimate of drug-likeness (QED) is 0.0351. The van der Waals surface area contributed by atoms with Crippen molar-refractivity contribution in [2.75, 3.05) is 76.0 Å². The summed E-state index contributed by atoms with van der Waals surface area (Å²) in [6.07, 6.45) is 10.5. The number of aromatic hydroxyl groups is 1. The van der Waals surface area contributed by atoms with E-state index in [-0.39, 0.29) is 140 Å². The Morgan fingerprint density at radius 3 is 2.54 bits per heavy atom. The van der Waals surface area contributed by atoms with E-state index in [1.807, 2.05) is 0 Å². The number of aromatic nitrogens is 3. The number of anilines is 2. The molecule has 21 nitrogen and oxygen atoms in total. The summed E-state index contributed by atoms with van der Waals surface area (Å²) in [5.74, 6) is -1.93. The van der Waals surface area contributed by atoms with Gasteiger partial charge in [-0.05, 0) is 74.2 Å². The first-order chi connectivity index (χ1) is 38.2. The van der Waals surface area contributed by atoms with Gasteiger partial charge in [0.1, 0.15) is 47.9 Å². The van der Waals surface area contributed by atoms with Gasteiger partial charge in [-0.15, -0.1) is 6.42 Å². The van der Waals surface area contributed by atoms with Crippen molar-refractivity contribution in [3.63, 3.8) is 0 Å². The second-order valence-electron chi connectivity index (χ2n) is 20.7. The SMILES string of the molecule is C#Cc1c(F)ccc2cc(O)cc(-c3ncc4c(N5CC6CCC(C5)N6)nc(OC[C@@]56CC[C@@H](COC(=O)NCCOCCOCCC(=O)Nc7cccc8c7C(=O)N(C7CCC(=O)NC7=O)C8=O)N5CC(=C)C6)nc4c3F)c12. The van der Waals surface area contributed by atoms with Gasteiger partial charge in [-0.3, -0.25) is 44.1 Å². The number of phenolic OH excluding ortho intramolecular Hbond substituents is 1. The Balaban J connectivity index is 0.657. The van der Waals surface area contributed by atoms with Crippen molar-refractivity contribution in [1.82, 2.24) is 40.7 Å². The van der Waals surface area contributed by atoms with Gasteiger partial charge in [0, 0.05) is 67.9 Å². The molecule has 23 heteroatoms. The minimum Gasteiger partial charge on any atom is -0.508 e. The fourth-order valence-corrected chi connectivity index (χ4v) is 12.0.